The van der Waals surface area contributed by atoms with Gasteiger partial charge in [0.1, 0.15) is 0 Å². The van der Waals surface area contributed by atoms with Crippen LogP contribution in [0.25, 0.3) is 0 Å². The standard InChI is InChI=1S/C21H43NO/c1-4-5-6-7-8-9-10-11-12-13-14-15-16-17-18-19-21(23)22-20(2)3/h20H,4-19H2,1-3H3,(H,22,23). The van der Waals surface area contributed by atoms with Gasteiger partial charge in [-0.25, -0.2) is 0 Å². The molecule has 0 aliphatic carbocycles. The van der Waals surface area contributed by atoms with Crippen molar-refractivity contribution in [2.75, 3.05) is 0 Å². The molecule has 0 unspecified atom stereocenters. The number of amides is 1. The molecule has 0 aliphatic heterocycles. The van der Waals surface area contributed by atoms with E-state index in [1.165, 1.54) is 89.9 Å². The number of carbonyl (C=O) groups excluding carboxylic acids is 1. The van der Waals surface area contributed by atoms with Crippen LogP contribution in [0, 0.1) is 0 Å². The van der Waals surface area contributed by atoms with E-state index in [-0.39, 0.29) is 11.9 Å². The molecule has 1 amide bonds. The number of nitrogens with one attached hydrogen (secondary N) is 1. The molecule has 0 saturated carbocycles. The van der Waals surface area contributed by atoms with Crippen molar-refractivity contribution in [3.8, 4) is 0 Å². The first-order chi connectivity index (χ1) is 11.2. The maximum Gasteiger partial charge on any atom is 0.220 e. The first kappa shape index (κ1) is 22.5. The van der Waals surface area contributed by atoms with E-state index in [1.807, 2.05) is 13.8 Å². The third kappa shape index (κ3) is 19.4. The summed E-state index contributed by atoms with van der Waals surface area (Å²) in [5.41, 5.74) is 0. The summed E-state index contributed by atoms with van der Waals surface area (Å²) >= 11 is 0. The normalized spacial score (nSPS) is 11.1. The summed E-state index contributed by atoms with van der Waals surface area (Å²) in [7, 11) is 0. The minimum atomic E-state index is 0.217. The molecule has 0 fully saturated rings. The minimum absolute atomic E-state index is 0.217. The van der Waals surface area contributed by atoms with Crippen molar-refractivity contribution >= 4 is 5.91 Å². The number of unbranched alkanes of at least 4 members (excludes halogenated alkanes) is 14. The van der Waals surface area contributed by atoms with Gasteiger partial charge in [0.05, 0.1) is 0 Å². The second kappa shape index (κ2) is 17.8. The smallest absolute Gasteiger partial charge is 0.220 e. The highest BCUT2D eigenvalue weighted by atomic mass is 16.1. The fourth-order valence-electron chi connectivity index (χ4n) is 3.05. The van der Waals surface area contributed by atoms with Gasteiger partial charge in [0.25, 0.3) is 0 Å². The zero-order valence-corrected chi connectivity index (χ0v) is 16.3. The van der Waals surface area contributed by atoms with Crippen LogP contribution in [-0.4, -0.2) is 11.9 Å². The summed E-state index contributed by atoms with van der Waals surface area (Å²) in [6, 6.07) is 0.277. The van der Waals surface area contributed by atoms with Crippen molar-refractivity contribution in [3.63, 3.8) is 0 Å². The summed E-state index contributed by atoms with van der Waals surface area (Å²) in [4.78, 5) is 11.5. The first-order valence-corrected chi connectivity index (χ1v) is 10.5. The maximum atomic E-state index is 11.5. The van der Waals surface area contributed by atoms with E-state index in [1.54, 1.807) is 0 Å². The maximum absolute atomic E-state index is 11.5. The highest BCUT2D eigenvalue weighted by molar-refractivity contribution is 5.76. The Morgan fingerprint density at radius 2 is 1.00 bits per heavy atom. The fourth-order valence-corrected chi connectivity index (χ4v) is 3.05. The summed E-state index contributed by atoms with van der Waals surface area (Å²) in [6.45, 7) is 6.32. The van der Waals surface area contributed by atoms with Gasteiger partial charge >= 0.3 is 0 Å². The Bertz CT molecular complexity index is 250. The summed E-state index contributed by atoms with van der Waals surface area (Å²) < 4.78 is 0. The number of carbonyl (C=O) groups is 1. The van der Waals surface area contributed by atoms with E-state index in [0.29, 0.717) is 6.42 Å². The van der Waals surface area contributed by atoms with Crippen LogP contribution in [0.15, 0.2) is 0 Å². The average molecular weight is 326 g/mol. The molecule has 0 aromatic rings. The van der Waals surface area contributed by atoms with E-state index < -0.39 is 0 Å². The zero-order valence-electron chi connectivity index (χ0n) is 16.3. The van der Waals surface area contributed by atoms with E-state index in [9.17, 15) is 4.79 Å². The molecule has 0 radical (unpaired) electrons. The SMILES string of the molecule is CCCCCCCCCCCCCCCCCC(=O)NC(C)C. The molecule has 0 bridgehead atoms. The lowest BCUT2D eigenvalue weighted by Gasteiger charge is -2.07. The number of hydrogen-bond acceptors (Lipinski definition) is 1. The van der Waals surface area contributed by atoms with Gasteiger partial charge in [-0.1, -0.05) is 96.8 Å². The van der Waals surface area contributed by atoms with Crippen LogP contribution < -0.4 is 5.32 Å². The summed E-state index contributed by atoms with van der Waals surface area (Å²) in [6.07, 6.45) is 21.3. The monoisotopic (exact) mass is 325 g/mol. The Balaban J connectivity index is 3.06. The second-order valence-electron chi connectivity index (χ2n) is 7.42. The topological polar surface area (TPSA) is 29.1 Å². The van der Waals surface area contributed by atoms with Crippen LogP contribution in [-0.2, 0) is 4.79 Å². The van der Waals surface area contributed by atoms with Crippen LogP contribution in [0.3, 0.4) is 0 Å². The van der Waals surface area contributed by atoms with E-state index >= 15 is 0 Å². The Labute approximate surface area is 146 Å². The van der Waals surface area contributed by atoms with Crippen molar-refractivity contribution < 1.29 is 4.79 Å². The van der Waals surface area contributed by atoms with Crippen molar-refractivity contribution in [2.24, 2.45) is 0 Å². The Kier molecular flexibility index (Phi) is 17.4. The molecule has 0 aliphatic rings. The van der Waals surface area contributed by atoms with Crippen molar-refractivity contribution in [1.29, 1.82) is 0 Å². The lowest BCUT2D eigenvalue weighted by Crippen LogP contribution is -2.29. The second-order valence-corrected chi connectivity index (χ2v) is 7.42. The molecule has 0 aromatic carbocycles. The molecule has 1 N–H and O–H groups in total. The van der Waals surface area contributed by atoms with Crippen molar-refractivity contribution in [3.05, 3.63) is 0 Å². The van der Waals surface area contributed by atoms with Gasteiger partial charge in [-0.3, -0.25) is 4.79 Å². The molecular weight excluding hydrogens is 282 g/mol. The lowest BCUT2D eigenvalue weighted by atomic mass is 10.0. The zero-order chi connectivity index (χ0) is 17.2. The third-order valence-electron chi connectivity index (χ3n) is 4.46. The van der Waals surface area contributed by atoms with Gasteiger partial charge in [-0.15, -0.1) is 0 Å². The van der Waals surface area contributed by atoms with Gasteiger partial charge in [-0.2, -0.15) is 0 Å². The molecule has 0 atom stereocenters. The van der Waals surface area contributed by atoms with Gasteiger partial charge in [-0.05, 0) is 20.3 Å². The Hall–Kier alpha value is -0.530. The quantitative estimate of drug-likeness (QED) is 0.294. The van der Waals surface area contributed by atoms with E-state index in [2.05, 4.69) is 12.2 Å². The highest BCUT2D eigenvalue weighted by Crippen LogP contribution is 2.13. The predicted octanol–water partition coefficient (Wildman–Crippen LogP) is 6.77. The highest BCUT2D eigenvalue weighted by Gasteiger charge is 2.02. The first-order valence-electron chi connectivity index (χ1n) is 10.5. The summed E-state index contributed by atoms with van der Waals surface area (Å²) in [5.74, 6) is 0.217. The lowest BCUT2D eigenvalue weighted by molar-refractivity contribution is -0.121. The van der Waals surface area contributed by atoms with Gasteiger partial charge in [0.2, 0.25) is 5.91 Å². The van der Waals surface area contributed by atoms with Crippen molar-refractivity contribution in [1.82, 2.24) is 5.32 Å². The van der Waals surface area contributed by atoms with Crippen LogP contribution in [0.1, 0.15) is 124 Å². The van der Waals surface area contributed by atoms with E-state index in [4.69, 9.17) is 0 Å². The molecule has 2 nitrogen and oxygen atoms in total. The van der Waals surface area contributed by atoms with Crippen LogP contribution >= 0.6 is 0 Å². The molecule has 0 spiro atoms. The molecule has 0 heterocycles. The molecule has 0 rings (SSSR count). The third-order valence-corrected chi connectivity index (χ3v) is 4.46. The fraction of sp³-hybridized carbons (Fsp3) is 0.952. The Morgan fingerprint density at radius 1 is 0.652 bits per heavy atom. The molecule has 138 valence electrons. The predicted molar refractivity (Wildman–Crippen MR) is 103 cm³/mol. The molecule has 23 heavy (non-hydrogen) atoms. The van der Waals surface area contributed by atoms with Crippen LogP contribution in [0.2, 0.25) is 0 Å². The summed E-state index contributed by atoms with van der Waals surface area (Å²) in [5, 5.41) is 2.95. The molecule has 2 heteroatoms. The van der Waals surface area contributed by atoms with Gasteiger partial charge in [0, 0.05) is 12.5 Å². The Morgan fingerprint density at radius 3 is 1.35 bits per heavy atom. The van der Waals surface area contributed by atoms with Crippen LogP contribution in [0.4, 0.5) is 0 Å². The molecule has 0 saturated heterocycles. The largest absolute Gasteiger partial charge is 0.354 e. The van der Waals surface area contributed by atoms with Gasteiger partial charge < -0.3 is 5.32 Å². The van der Waals surface area contributed by atoms with Crippen molar-refractivity contribution in [2.45, 2.75) is 130 Å². The van der Waals surface area contributed by atoms with Crippen LogP contribution in [0.5, 0.6) is 0 Å². The number of hydrogen-bond donors (Lipinski definition) is 1. The number of rotatable bonds is 17. The molecular formula is C21H43NO. The average Bonchev–Trinajstić information content (AvgIpc) is 2.50. The van der Waals surface area contributed by atoms with E-state index in [0.717, 1.165) is 6.42 Å². The minimum Gasteiger partial charge on any atom is -0.354 e. The van der Waals surface area contributed by atoms with Gasteiger partial charge in [0.15, 0.2) is 0 Å². The molecule has 0 aromatic heterocycles.